The van der Waals surface area contributed by atoms with Gasteiger partial charge in [0.1, 0.15) is 0 Å². The predicted molar refractivity (Wildman–Crippen MR) is 123 cm³/mol. The van der Waals surface area contributed by atoms with E-state index in [1.807, 2.05) is 31.2 Å². The molecule has 162 valence electrons. The molecular weight excluding hydrogens is 422 g/mol. The number of hydrogen-bond acceptors (Lipinski definition) is 4. The first kappa shape index (κ1) is 22.4. The highest BCUT2D eigenvalue weighted by molar-refractivity contribution is 7.89. The highest BCUT2D eigenvalue weighted by atomic mass is 35.5. The van der Waals surface area contributed by atoms with Crippen molar-refractivity contribution in [2.75, 3.05) is 37.6 Å². The number of aryl methyl sites for hydroxylation is 1. The average molecular weight is 450 g/mol. The zero-order chi connectivity index (χ0) is 21.7. The number of anilines is 1. The van der Waals surface area contributed by atoms with Crippen LogP contribution in [-0.4, -0.2) is 52.0 Å². The van der Waals surface area contributed by atoms with Crippen LogP contribution in [0.25, 0.3) is 0 Å². The number of hydrogen-bond donors (Lipinski definition) is 2. The standard InChI is InChI=1S/C21H28ClN5O2S/c1-3-24-21(25-15-17-5-4-6-19(13-17)30(23,28)29)27-11-9-26(10-12-27)20-14-18(22)8-7-16(20)2/h4-8,13-14H,3,9-12,15H2,1-2H3,(H,24,25)(H2,23,28,29). The summed E-state index contributed by atoms with van der Waals surface area (Å²) in [6.45, 7) is 8.65. The fourth-order valence-electron chi connectivity index (χ4n) is 3.50. The van der Waals surface area contributed by atoms with Gasteiger partial charge in [-0.05, 0) is 49.2 Å². The fraction of sp³-hybridized carbons (Fsp3) is 0.381. The van der Waals surface area contributed by atoms with E-state index in [1.54, 1.807) is 12.1 Å². The normalized spacial score (nSPS) is 15.4. The number of primary sulfonamides is 1. The molecule has 0 amide bonds. The van der Waals surface area contributed by atoms with Gasteiger partial charge in [-0.25, -0.2) is 18.5 Å². The Balaban J connectivity index is 1.69. The van der Waals surface area contributed by atoms with Crippen LogP contribution in [0.2, 0.25) is 5.02 Å². The largest absolute Gasteiger partial charge is 0.368 e. The molecule has 9 heteroatoms. The zero-order valence-electron chi connectivity index (χ0n) is 17.3. The topological polar surface area (TPSA) is 91.0 Å². The minimum Gasteiger partial charge on any atom is -0.368 e. The third-order valence-corrected chi connectivity index (χ3v) is 6.21. The van der Waals surface area contributed by atoms with Crippen LogP contribution in [0.3, 0.4) is 0 Å². The first-order valence-electron chi connectivity index (χ1n) is 9.94. The molecule has 3 rings (SSSR count). The van der Waals surface area contributed by atoms with E-state index in [9.17, 15) is 8.42 Å². The summed E-state index contributed by atoms with van der Waals surface area (Å²) in [4.78, 5) is 9.39. The molecule has 0 aliphatic carbocycles. The molecule has 2 aromatic rings. The molecule has 0 spiro atoms. The van der Waals surface area contributed by atoms with Crippen molar-refractivity contribution in [2.24, 2.45) is 10.1 Å². The quantitative estimate of drug-likeness (QED) is 0.540. The van der Waals surface area contributed by atoms with E-state index in [4.69, 9.17) is 21.7 Å². The van der Waals surface area contributed by atoms with Crippen molar-refractivity contribution < 1.29 is 8.42 Å². The summed E-state index contributed by atoms with van der Waals surface area (Å²) in [5.41, 5.74) is 3.18. The Hall–Kier alpha value is -2.29. The molecule has 0 radical (unpaired) electrons. The third kappa shape index (κ3) is 5.65. The van der Waals surface area contributed by atoms with Crippen LogP contribution in [0.5, 0.6) is 0 Å². The van der Waals surface area contributed by atoms with Crippen LogP contribution >= 0.6 is 11.6 Å². The summed E-state index contributed by atoms with van der Waals surface area (Å²) < 4.78 is 23.1. The lowest BCUT2D eigenvalue weighted by Crippen LogP contribution is -2.52. The molecule has 1 aliphatic rings. The van der Waals surface area contributed by atoms with Gasteiger partial charge in [0.2, 0.25) is 10.0 Å². The maximum Gasteiger partial charge on any atom is 0.238 e. The molecule has 0 saturated carbocycles. The van der Waals surface area contributed by atoms with Crippen LogP contribution in [0.4, 0.5) is 5.69 Å². The van der Waals surface area contributed by atoms with Crippen LogP contribution in [0.15, 0.2) is 52.4 Å². The number of aliphatic imine (C=N–C) groups is 1. The minimum atomic E-state index is -3.72. The lowest BCUT2D eigenvalue weighted by Gasteiger charge is -2.38. The molecule has 0 bridgehead atoms. The first-order valence-corrected chi connectivity index (χ1v) is 11.9. The van der Waals surface area contributed by atoms with Gasteiger partial charge in [-0.3, -0.25) is 0 Å². The van der Waals surface area contributed by atoms with Crippen molar-refractivity contribution >= 4 is 33.3 Å². The van der Waals surface area contributed by atoms with Crippen molar-refractivity contribution in [3.8, 4) is 0 Å². The molecule has 30 heavy (non-hydrogen) atoms. The average Bonchev–Trinajstić information content (AvgIpc) is 2.73. The number of sulfonamides is 1. The van der Waals surface area contributed by atoms with Gasteiger partial charge < -0.3 is 15.1 Å². The van der Waals surface area contributed by atoms with E-state index in [2.05, 4.69) is 22.0 Å². The van der Waals surface area contributed by atoms with Crippen molar-refractivity contribution in [3.05, 3.63) is 58.6 Å². The molecular formula is C21H28ClN5O2S. The fourth-order valence-corrected chi connectivity index (χ4v) is 4.25. The second-order valence-electron chi connectivity index (χ2n) is 7.27. The number of nitrogens with zero attached hydrogens (tertiary/aromatic N) is 3. The summed E-state index contributed by atoms with van der Waals surface area (Å²) in [5, 5.41) is 9.31. The second kappa shape index (κ2) is 9.68. The van der Waals surface area contributed by atoms with Gasteiger partial charge in [0.25, 0.3) is 0 Å². The molecule has 1 aliphatic heterocycles. The van der Waals surface area contributed by atoms with Gasteiger partial charge >= 0.3 is 0 Å². The summed E-state index contributed by atoms with van der Waals surface area (Å²) >= 11 is 6.18. The Kier molecular flexibility index (Phi) is 7.23. The number of benzene rings is 2. The lowest BCUT2D eigenvalue weighted by atomic mass is 10.1. The van der Waals surface area contributed by atoms with Gasteiger partial charge in [0.15, 0.2) is 5.96 Å². The van der Waals surface area contributed by atoms with Gasteiger partial charge in [-0.15, -0.1) is 0 Å². The molecule has 1 fully saturated rings. The molecule has 2 aromatic carbocycles. The summed E-state index contributed by atoms with van der Waals surface area (Å²) in [6, 6.07) is 12.6. The maximum atomic E-state index is 11.6. The monoisotopic (exact) mass is 449 g/mol. The number of piperazine rings is 1. The number of rotatable bonds is 5. The van der Waals surface area contributed by atoms with Crippen LogP contribution in [-0.2, 0) is 16.6 Å². The summed E-state index contributed by atoms with van der Waals surface area (Å²) in [5.74, 6) is 0.820. The van der Waals surface area contributed by atoms with Crippen molar-refractivity contribution in [1.82, 2.24) is 10.2 Å². The first-order chi connectivity index (χ1) is 14.3. The second-order valence-corrected chi connectivity index (χ2v) is 9.27. The summed E-state index contributed by atoms with van der Waals surface area (Å²) in [7, 11) is -3.72. The van der Waals surface area contributed by atoms with Gasteiger partial charge in [-0.1, -0.05) is 29.8 Å². The Morgan fingerprint density at radius 2 is 1.90 bits per heavy atom. The molecule has 7 nitrogen and oxygen atoms in total. The highest BCUT2D eigenvalue weighted by Gasteiger charge is 2.21. The molecule has 3 N–H and O–H groups in total. The number of nitrogens with one attached hydrogen (secondary N) is 1. The lowest BCUT2D eigenvalue weighted by molar-refractivity contribution is 0.372. The predicted octanol–water partition coefficient (Wildman–Crippen LogP) is 2.58. The number of nitrogens with two attached hydrogens (primary N) is 1. The van der Waals surface area contributed by atoms with E-state index in [0.29, 0.717) is 6.54 Å². The number of halogens is 1. The molecule has 0 atom stereocenters. The zero-order valence-corrected chi connectivity index (χ0v) is 18.9. The highest BCUT2D eigenvalue weighted by Crippen LogP contribution is 2.25. The molecule has 0 aromatic heterocycles. The van der Waals surface area contributed by atoms with E-state index in [0.717, 1.165) is 49.3 Å². The van der Waals surface area contributed by atoms with Crippen molar-refractivity contribution in [2.45, 2.75) is 25.3 Å². The van der Waals surface area contributed by atoms with E-state index in [-0.39, 0.29) is 4.90 Å². The molecule has 1 saturated heterocycles. The third-order valence-electron chi connectivity index (χ3n) is 5.06. The van der Waals surface area contributed by atoms with E-state index >= 15 is 0 Å². The Morgan fingerprint density at radius 3 is 2.57 bits per heavy atom. The Bertz CT molecular complexity index is 1020. The Morgan fingerprint density at radius 1 is 1.17 bits per heavy atom. The van der Waals surface area contributed by atoms with Crippen molar-refractivity contribution in [1.29, 1.82) is 0 Å². The van der Waals surface area contributed by atoms with Gasteiger partial charge in [-0.2, -0.15) is 0 Å². The minimum absolute atomic E-state index is 0.103. The maximum absolute atomic E-state index is 11.6. The van der Waals surface area contributed by atoms with Gasteiger partial charge in [0.05, 0.1) is 11.4 Å². The van der Waals surface area contributed by atoms with Gasteiger partial charge in [0, 0.05) is 43.4 Å². The van der Waals surface area contributed by atoms with Crippen LogP contribution < -0.4 is 15.4 Å². The SMILES string of the molecule is CCNC(=NCc1cccc(S(N)(=O)=O)c1)N1CCN(c2cc(Cl)ccc2C)CC1. The van der Waals surface area contributed by atoms with Crippen LogP contribution in [0.1, 0.15) is 18.1 Å². The molecule has 0 unspecified atom stereocenters. The Labute approximate surface area is 183 Å². The smallest absolute Gasteiger partial charge is 0.238 e. The molecule has 1 heterocycles. The number of guanidine groups is 1. The van der Waals surface area contributed by atoms with E-state index in [1.165, 1.54) is 17.3 Å². The van der Waals surface area contributed by atoms with Crippen molar-refractivity contribution in [3.63, 3.8) is 0 Å². The van der Waals surface area contributed by atoms with Crippen LogP contribution in [0, 0.1) is 6.92 Å². The van der Waals surface area contributed by atoms with E-state index < -0.39 is 10.0 Å². The summed E-state index contributed by atoms with van der Waals surface area (Å²) in [6.07, 6.45) is 0.